The standard InChI is InChI=1S/C28H34N8O5S/c1-34-11-13-35(14-12-34)26(37)21-5-9-23(10-6-21)30-28(38)29-22-7-3-20(4-8-22)25-31-24(19-42(2,39)40)32-27(33-25)36-15-17-41-18-16-36/h3-10H,11-19H2,1-2H3,(H2,29,30,38). The van der Waals surface area contributed by atoms with E-state index in [1.807, 2.05) is 16.8 Å². The van der Waals surface area contributed by atoms with Crippen LogP contribution in [0.4, 0.5) is 22.1 Å². The number of morpholine rings is 1. The van der Waals surface area contributed by atoms with Gasteiger partial charge in [-0.15, -0.1) is 0 Å². The largest absolute Gasteiger partial charge is 0.378 e. The van der Waals surface area contributed by atoms with Crippen LogP contribution in [0.5, 0.6) is 0 Å². The van der Waals surface area contributed by atoms with Crippen molar-refractivity contribution in [2.24, 2.45) is 0 Å². The Morgan fingerprint density at radius 2 is 1.43 bits per heavy atom. The predicted octanol–water partition coefficient (Wildman–Crippen LogP) is 1.95. The third-order valence-corrected chi connectivity index (χ3v) is 7.72. The molecule has 13 nitrogen and oxygen atoms in total. The van der Waals surface area contributed by atoms with Gasteiger partial charge in [0.2, 0.25) is 5.95 Å². The molecule has 222 valence electrons. The summed E-state index contributed by atoms with van der Waals surface area (Å²) >= 11 is 0. The molecule has 3 amide bonds. The number of piperazine rings is 1. The molecule has 5 rings (SSSR count). The zero-order valence-corrected chi connectivity index (χ0v) is 24.4. The Kier molecular flexibility index (Phi) is 8.94. The molecule has 2 saturated heterocycles. The van der Waals surface area contributed by atoms with Crippen molar-refractivity contribution in [3.05, 3.63) is 59.9 Å². The van der Waals surface area contributed by atoms with Crippen LogP contribution in [-0.2, 0) is 20.3 Å². The van der Waals surface area contributed by atoms with E-state index in [9.17, 15) is 18.0 Å². The topological polar surface area (TPSA) is 150 Å². The lowest BCUT2D eigenvalue weighted by Crippen LogP contribution is -2.47. The lowest BCUT2D eigenvalue weighted by Gasteiger charge is -2.32. The number of likely N-dealkylation sites (N-methyl/N-ethyl adjacent to an activating group) is 1. The van der Waals surface area contributed by atoms with Crippen LogP contribution in [0, 0.1) is 0 Å². The molecule has 0 atom stereocenters. The molecule has 0 spiro atoms. The molecule has 2 N–H and O–H groups in total. The first-order valence-corrected chi connectivity index (χ1v) is 15.7. The van der Waals surface area contributed by atoms with Gasteiger partial charge in [0.05, 0.1) is 13.2 Å². The number of hydrogen-bond acceptors (Lipinski definition) is 10. The maximum Gasteiger partial charge on any atom is 0.323 e. The van der Waals surface area contributed by atoms with E-state index in [1.165, 1.54) is 0 Å². The van der Waals surface area contributed by atoms with E-state index in [-0.39, 0.29) is 17.5 Å². The highest BCUT2D eigenvalue weighted by atomic mass is 32.2. The van der Waals surface area contributed by atoms with Gasteiger partial charge in [0.25, 0.3) is 5.91 Å². The Morgan fingerprint density at radius 3 is 2.02 bits per heavy atom. The van der Waals surface area contributed by atoms with Crippen LogP contribution >= 0.6 is 0 Å². The number of ether oxygens (including phenoxy) is 1. The lowest BCUT2D eigenvalue weighted by molar-refractivity contribution is 0.0664. The van der Waals surface area contributed by atoms with Crippen LogP contribution in [0.1, 0.15) is 16.2 Å². The molecule has 2 aliphatic heterocycles. The van der Waals surface area contributed by atoms with Gasteiger partial charge in [0, 0.05) is 68.0 Å². The van der Waals surface area contributed by atoms with Crippen molar-refractivity contribution < 1.29 is 22.7 Å². The average Bonchev–Trinajstić information content (AvgIpc) is 2.97. The van der Waals surface area contributed by atoms with Gasteiger partial charge in [0.1, 0.15) is 11.6 Å². The highest BCUT2D eigenvalue weighted by molar-refractivity contribution is 7.89. The fourth-order valence-electron chi connectivity index (χ4n) is 4.62. The van der Waals surface area contributed by atoms with Crippen molar-refractivity contribution in [1.82, 2.24) is 24.8 Å². The van der Waals surface area contributed by atoms with Crippen LogP contribution in [-0.4, -0.2) is 111 Å². The Bertz CT molecular complexity index is 1520. The molecule has 2 aromatic carbocycles. The molecule has 3 aromatic rings. The SMILES string of the molecule is CN1CCN(C(=O)c2ccc(NC(=O)Nc3ccc(-c4nc(CS(C)(=O)=O)nc(N5CCOCC5)n4)cc3)cc2)CC1. The Hall–Kier alpha value is -4.14. The van der Waals surface area contributed by atoms with Gasteiger partial charge < -0.3 is 30.1 Å². The predicted molar refractivity (Wildman–Crippen MR) is 159 cm³/mol. The molecular weight excluding hydrogens is 560 g/mol. The van der Waals surface area contributed by atoms with Gasteiger partial charge >= 0.3 is 6.03 Å². The second-order valence-electron chi connectivity index (χ2n) is 10.4. The van der Waals surface area contributed by atoms with Crippen molar-refractivity contribution in [3.63, 3.8) is 0 Å². The van der Waals surface area contributed by atoms with Gasteiger partial charge in [-0.2, -0.15) is 9.97 Å². The van der Waals surface area contributed by atoms with Crippen LogP contribution in [0.2, 0.25) is 0 Å². The fourth-order valence-corrected chi connectivity index (χ4v) is 5.22. The number of anilines is 3. The van der Waals surface area contributed by atoms with E-state index in [2.05, 4.69) is 30.5 Å². The number of aromatic nitrogens is 3. The molecule has 0 bridgehead atoms. The van der Waals surface area contributed by atoms with Crippen molar-refractivity contribution in [2.45, 2.75) is 5.75 Å². The van der Waals surface area contributed by atoms with Crippen LogP contribution in [0.15, 0.2) is 48.5 Å². The molecule has 0 radical (unpaired) electrons. The summed E-state index contributed by atoms with van der Waals surface area (Å²) in [5.41, 5.74) is 2.32. The summed E-state index contributed by atoms with van der Waals surface area (Å²) in [4.78, 5) is 44.7. The molecule has 42 heavy (non-hydrogen) atoms. The maximum atomic E-state index is 12.8. The van der Waals surface area contributed by atoms with Gasteiger partial charge in [-0.1, -0.05) is 0 Å². The minimum absolute atomic E-state index is 0.0159. The van der Waals surface area contributed by atoms with Crippen molar-refractivity contribution >= 4 is 39.1 Å². The van der Waals surface area contributed by atoms with E-state index in [0.29, 0.717) is 73.7 Å². The fraction of sp³-hybridized carbons (Fsp3) is 0.393. The summed E-state index contributed by atoms with van der Waals surface area (Å²) in [7, 11) is -1.31. The van der Waals surface area contributed by atoms with Gasteiger partial charge in [-0.25, -0.2) is 18.2 Å². The average molecular weight is 595 g/mol. The number of hydrogen-bond donors (Lipinski definition) is 2. The first-order valence-electron chi connectivity index (χ1n) is 13.6. The smallest absolute Gasteiger partial charge is 0.323 e. The number of rotatable bonds is 7. The number of amides is 3. The number of benzene rings is 2. The second-order valence-corrected chi connectivity index (χ2v) is 12.5. The summed E-state index contributed by atoms with van der Waals surface area (Å²) in [5, 5.41) is 5.56. The van der Waals surface area contributed by atoms with Gasteiger partial charge in [-0.3, -0.25) is 4.79 Å². The van der Waals surface area contributed by atoms with Crippen LogP contribution in [0.3, 0.4) is 0 Å². The van der Waals surface area contributed by atoms with Crippen LogP contribution in [0.25, 0.3) is 11.4 Å². The highest BCUT2D eigenvalue weighted by Gasteiger charge is 2.21. The minimum atomic E-state index is -3.35. The Labute approximate surface area is 244 Å². The molecular formula is C28H34N8O5S. The third-order valence-electron chi connectivity index (χ3n) is 6.94. The van der Waals surface area contributed by atoms with E-state index >= 15 is 0 Å². The summed E-state index contributed by atoms with van der Waals surface area (Å²) < 4.78 is 29.3. The molecule has 2 fully saturated rings. The summed E-state index contributed by atoms with van der Waals surface area (Å²) in [6, 6.07) is 13.3. The van der Waals surface area contributed by atoms with Gasteiger partial charge in [-0.05, 0) is 55.6 Å². The molecule has 0 saturated carbocycles. The molecule has 1 aromatic heterocycles. The van der Waals surface area contributed by atoms with E-state index in [1.54, 1.807) is 48.5 Å². The van der Waals surface area contributed by atoms with Gasteiger partial charge in [0.15, 0.2) is 15.7 Å². The molecule has 0 aliphatic carbocycles. The van der Waals surface area contributed by atoms with Crippen molar-refractivity contribution in [2.75, 3.05) is 81.3 Å². The first-order chi connectivity index (χ1) is 20.1. The summed E-state index contributed by atoms with van der Waals surface area (Å²) in [6.07, 6.45) is 1.14. The van der Waals surface area contributed by atoms with Crippen molar-refractivity contribution in [1.29, 1.82) is 0 Å². The molecule has 2 aliphatic rings. The highest BCUT2D eigenvalue weighted by Crippen LogP contribution is 2.22. The molecule has 3 heterocycles. The van der Waals surface area contributed by atoms with E-state index in [0.717, 1.165) is 19.3 Å². The number of urea groups is 1. The first kappa shape index (κ1) is 29.4. The summed E-state index contributed by atoms with van der Waals surface area (Å²) in [5.74, 6) is 0.594. The summed E-state index contributed by atoms with van der Waals surface area (Å²) in [6.45, 7) is 5.34. The number of nitrogens with one attached hydrogen (secondary N) is 2. The number of carbonyl (C=O) groups excluding carboxylic acids is 2. The second kappa shape index (κ2) is 12.8. The van der Waals surface area contributed by atoms with E-state index in [4.69, 9.17) is 4.74 Å². The minimum Gasteiger partial charge on any atom is -0.378 e. The van der Waals surface area contributed by atoms with Crippen molar-refractivity contribution in [3.8, 4) is 11.4 Å². The number of nitrogens with zero attached hydrogens (tertiary/aromatic N) is 6. The quantitative estimate of drug-likeness (QED) is 0.416. The number of carbonyl (C=O) groups is 2. The van der Waals surface area contributed by atoms with E-state index < -0.39 is 15.9 Å². The lowest BCUT2D eigenvalue weighted by atomic mass is 10.1. The van der Waals surface area contributed by atoms with Crippen LogP contribution < -0.4 is 15.5 Å². The Morgan fingerprint density at radius 1 is 0.833 bits per heavy atom. The monoisotopic (exact) mass is 594 g/mol. The zero-order valence-electron chi connectivity index (χ0n) is 23.6. The Balaban J connectivity index is 1.23. The molecule has 0 unspecified atom stereocenters. The third kappa shape index (κ3) is 7.78. The zero-order chi connectivity index (χ0) is 29.7. The maximum absolute atomic E-state index is 12.8. The molecule has 14 heteroatoms. The number of sulfone groups is 1. The normalized spacial score (nSPS) is 16.2.